The van der Waals surface area contributed by atoms with E-state index in [4.69, 9.17) is 10.7 Å². The van der Waals surface area contributed by atoms with Gasteiger partial charge in [0.15, 0.2) is 5.65 Å². The van der Waals surface area contributed by atoms with E-state index in [1.165, 1.54) is 0 Å². The van der Waals surface area contributed by atoms with Gasteiger partial charge in [0.25, 0.3) is 0 Å². The van der Waals surface area contributed by atoms with Gasteiger partial charge in [-0.05, 0) is 32.9 Å². The summed E-state index contributed by atoms with van der Waals surface area (Å²) in [5.74, 6) is 1.01. The van der Waals surface area contributed by atoms with E-state index in [9.17, 15) is 0 Å². The van der Waals surface area contributed by atoms with Gasteiger partial charge in [-0.25, -0.2) is 9.97 Å². The first kappa shape index (κ1) is 13.0. The molecule has 4 nitrogen and oxygen atoms in total. The monoisotopic (exact) mass is 246 g/mol. The van der Waals surface area contributed by atoms with E-state index >= 15 is 0 Å². The lowest BCUT2D eigenvalue weighted by Gasteiger charge is -2.38. The molecular weight excluding hydrogens is 224 g/mol. The van der Waals surface area contributed by atoms with Crippen LogP contribution < -0.4 is 5.73 Å². The SMILES string of the molecule is CCn1c(C(C)(C)C(C)(C)N)nc2cccnc21. The van der Waals surface area contributed by atoms with Crippen LogP contribution in [0.5, 0.6) is 0 Å². The largest absolute Gasteiger partial charge is 0.325 e. The molecule has 0 aromatic carbocycles. The highest BCUT2D eigenvalue weighted by molar-refractivity contribution is 5.71. The zero-order valence-corrected chi connectivity index (χ0v) is 11.9. The van der Waals surface area contributed by atoms with Crippen molar-refractivity contribution >= 4 is 11.2 Å². The van der Waals surface area contributed by atoms with Gasteiger partial charge in [0.1, 0.15) is 11.3 Å². The maximum Gasteiger partial charge on any atom is 0.159 e. The first-order valence-corrected chi connectivity index (χ1v) is 6.39. The minimum atomic E-state index is -0.346. The van der Waals surface area contributed by atoms with E-state index in [1.807, 2.05) is 26.0 Å². The van der Waals surface area contributed by atoms with Crippen LogP contribution in [0, 0.1) is 0 Å². The Morgan fingerprint density at radius 3 is 2.50 bits per heavy atom. The van der Waals surface area contributed by atoms with Crippen LogP contribution in [-0.4, -0.2) is 20.1 Å². The third kappa shape index (κ3) is 1.81. The molecule has 0 saturated heterocycles. The summed E-state index contributed by atoms with van der Waals surface area (Å²) >= 11 is 0. The van der Waals surface area contributed by atoms with Crippen molar-refractivity contribution in [3.8, 4) is 0 Å². The maximum absolute atomic E-state index is 6.32. The third-order valence-electron chi connectivity index (χ3n) is 3.99. The maximum atomic E-state index is 6.32. The van der Waals surface area contributed by atoms with Crippen molar-refractivity contribution in [2.24, 2.45) is 5.73 Å². The average molecular weight is 246 g/mol. The fourth-order valence-corrected chi connectivity index (χ4v) is 2.02. The van der Waals surface area contributed by atoms with Crippen molar-refractivity contribution in [3.63, 3.8) is 0 Å². The number of aryl methyl sites for hydroxylation is 1. The van der Waals surface area contributed by atoms with Gasteiger partial charge >= 0.3 is 0 Å². The van der Waals surface area contributed by atoms with E-state index in [0.717, 1.165) is 23.5 Å². The van der Waals surface area contributed by atoms with Crippen LogP contribution in [0.25, 0.3) is 11.2 Å². The summed E-state index contributed by atoms with van der Waals surface area (Å²) in [6.45, 7) is 11.3. The molecule has 0 aliphatic carbocycles. The first-order chi connectivity index (χ1) is 8.29. The fraction of sp³-hybridized carbons (Fsp3) is 0.571. The topological polar surface area (TPSA) is 56.7 Å². The van der Waals surface area contributed by atoms with Crippen molar-refractivity contribution in [2.75, 3.05) is 0 Å². The molecule has 0 spiro atoms. The second-order valence-electron chi connectivity index (χ2n) is 5.87. The molecule has 0 bridgehead atoms. The molecule has 0 aliphatic rings. The van der Waals surface area contributed by atoms with E-state index in [0.29, 0.717) is 0 Å². The molecule has 2 aromatic heterocycles. The summed E-state index contributed by atoms with van der Waals surface area (Å²) in [6, 6.07) is 3.91. The van der Waals surface area contributed by atoms with Crippen LogP contribution in [0.3, 0.4) is 0 Å². The summed E-state index contributed by atoms with van der Waals surface area (Å²) in [4.78, 5) is 9.17. The van der Waals surface area contributed by atoms with Crippen LogP contribution in [0.15, 0.2) is 18.3 Å². The van der Waals surface area contributed by atoms with Crippen LogP contribution in [-0.2, 0) is 12.0 Å². The third-order valence-corrected chi connectivity index (χ3v) is 3.99. The molecule has 0 aliphatic heterocycles. The van der Waals surface area contributed by atoms with Crippen molar-refractivity contribution in [2.45, 2.75) is 52.1 Å². The van der Waals surface area contributed by atoms with E-state index in [1.54, 1.807) is 6.20 Å². The quantitative estimate of drug-likeness (QED) is 0.905. The zero-order valence-electron chi connectivity index (χ0n) is 11.9. The van der Waals surface area contributed by atoms with Crippen LogP contribution >= 0.6 is 0 Å². The lowest BCUT2D eigenvalue weighted by atomic mass is 9.74. The molecule has 0 fully saturated rings. The Kier molecular flexibility index (Phi) is 2.93. The Labute approximate surface area is 108 Å². The Morgan fingerprint density at radius 1 is 1.28 bits per heavy atom. The molecule has 0 amide bonds. The number of rotatable bonds is 3. The highest BCUT2D eigenvalue weighted by Crippen LogP contribution is 2.33. The molecule has 4 heteroatoms. The molecule has 0 saturated carbocycles. The van der Waals surface area contributed by atoms with E-state index in [-0.39, 0.29) is 11.0 Å². The summed E-state index contributed by atoms with van der Waals surface area (Å²) in [5, 5.41) is 0. The Morgan fingerprint density at radius 2 is 1.94 bits per heavy atom. The number of nitrogens with two attached hydrogens (primary N) is 1. The number of hydrogen-bond donors (Lipinski definition) is 1. The molecule has 2 N–H and O–H groups in total. The van der Waals surface area contributed by atoms with E-state index in [2.05, 4.69) is 30.3 Å². The Hall–Kier alpha value is -1.42. The van der Waals surface area contributed by atoms with Gasteiger partial charge in [0.05, 0.1) is 0 Å². The van der Waals surface area contributed by atoms with E-state index < -0.39 is 0 Å². The molecule has 0 radical (unpaired) electrons. The summed E-state index contributed by atoms with van der Waals surface area (Å²) < 4.78 is 2.16. The van der Waals surface area contributed by atoms with Crippen LogP contribution in [0.2, 0.25) is 0 Å². The predicted octanol–water partition coefficient (Wildman–Crippen LogP) is 2.47. The highest BCUT2D eigenvalue weighted by Gasteiger charge is 2.39. The van der Waals surface area contributed by atoms with Gasteiger partial charge in [-0.1, -0.05) is 13.8 Å². The van der Waals surface area contributed by atoms with Gasteiger partial charge in [0.2, 0.25) is 0 Å². The Balaban J connectivity index is 2.72. The van der Waals surface area contributed by atoms with Crippen molar-refractivity contribution < 1.29 is 0 Å². The smallest absolute Gasteiger partial charge is 0.159 e. The number of aromatic nitrogens is 3. The molecule has 2 aromatic rings. The van der Waals surface area contributed by atoms with Gasteiger partial charge in [0, 0.05) is 23.7 Å². The average Bonchev–Trinajstić information content (AvgIpc) is 2.66. The summed E-state index contributed by atoms with van der Waals surface area (Å²) in [5.41, 5.74) is 7.63. The first-order valence-electron chi connectivity index (χ1n) is 6.39. The lowest BCUT2D eigenvalue weighted by Crippen LogP contribution is -2.51. The molecular formula is C14H22N4. The minimum absolute atomic E-state index is 0.219. The lowest BCUT2D eigenvalue weighted by molar-refractivity contribution is 0.283. The van der Waals surface area contributed by atoms with Gasteiger partial charge in [-0.2, -0.15) is 0 Å². The van der Waals surface area contributed by atoms with Gasteiger partial charge in [-0.3, -0.25) is 0 Å². The zero-order chi connectivity index (χ0) is 13.6. The number of hydrogen-bond acceptors (Lipinski definition) is 3. The number of nitrogens with zero attached hydrogens (tertiary/aromatic N) is 3. The predicted molar refractivity (Wildman–Crippen MR) is 74.5 cm³/mol. The molecule has 18 heavy (non-hydrogen) atoms. The second kappa shape index (κ2) is 4.05. The van der Waals surface area contributed by atoms with Gasteiger partial charge < -0.3 is 10.3 Å². The number of imidazole rings is 1. The normalized spacial score (nSPS) is 13.2. The van der Waals surface area contributed by atoms with Crippen molar-refractivity contribution in [3.05, 3.63) is 24.2 Å². The minimum Gasteiger partial charge on any atom is -0.325 e. The second-order valence-corrected chi connectivity index (χ2v) is 5.87. The molecule has 98 valence electrons. The fourth-order valence-electron chi connectivity index (χ4n) is 2.02. The number of pyridine rings is 1. The summed E-state index contributed by atoms with van der Waals surface area (Å²) in [6.07, 6.45) is 1.81. The van der Waals surface area contributed by atoms with Gasteiger partial charge in [-0.15, -0.1) is 0 Å². The van der Waals surface area contributed by atoms with Crippen molar-refractivity contribution in [1.29, 1.82) is 0 Å². The Bertz CT molecular complexity index is 561. The molecule has 0 unspecified atom stereocenters. The highest BCUT2D eigenvalue weighted by atomic mass is 15.1. The van der Waals surface area contributed by atoms with Crippen LogP contribution in [0.1, 0.15) is 40.4 Å². The molecule has 0 atom stereocenters. The van der Waals surface area contributed by atoms with Crippen LogP contribution in [0.4, 0.5) is 0 Å². The van der Waals surface area contributed by atoms with Crippen molar-refractivity contribution in [1.82, 2.24) is 14.5 Å². The summed E-state index contributed by atoms with van der Waals surface area (Å²) in [7, 11) is 0. The molecule has 2 heterocycles. The molecule has 2 rings (SSSR count). The number of fused-ring (bicyclic) bond motifs is 1. The standard InChI is InChI=1S/C14H22N4/c1-6-18-11-10(8-7-9-16-11)17-12(18)13(2,3)14(4,5)15/h7-9H,6,15H2,1-5H3.